The second-order valence-corrected chi connectivity index (χ2v) is 5.56. The predicted octanol–water partition coefficient (Wildman–Crippen LogP) is 4.57. The highest BCUT2D eigenvalue weighted by molar-refractivity contribution is 6.20. The van der Waals surface area contributed by atoms with E-state index in [0.717, 1.165) is 29.7 Å². The summed E-state index contributed by atoms with van der Waals surface area (Å²) in [5, 5.41) is 8.90. The smallest absolute Gasteiger partial charge is 0.127 e. The van der Waals surface area contributed by atoms with Crippen LogP contribution in [0.25, 0.3) is 11.0 Å². The van der Waals surface area contributed by atoms with Crippen LogP contribution in [0.15, 0.2) is 18.2 Å². The quantitative estimate of drug-likeness (QED) is 0.767. The van der Waals surface area contributed by atoms with Crippen molar-refractivity contribution in [2.45, 2.75) is 45.0 Å². The average Bonchev–Trinajstić information content (AvgIpc) is 2.77. The number of aromatic nitrogens is 2. The maximum absolute atomic E-state index is 9.04. The van der Waals surface area contributed by atoms with Gasteiger partial charge in [-0.1, -0.05) is 13.3 Å². The molecule has 0 aliphatic carbocycles. The predicted molar refractivity (Wildman–Crippen MR) is 78.3 cm³/mol. The van der Waals surface area contributed by atoms with Gasteiger partial charge < -0.3 is 4.57 Å². The summed E-state index contributed by atoms with van der Waals surface area (Å²) in [6.45, 7) is 6.27. The van der Waals surface area contributed by atoms with E-state index in [9.17, 15) is 0 Å². The van der Waals surface area contributed by atoms with Gasteiger partial charge in [0.2, 0.25) is 0 Å². The number of nitrogens with zero attached hydrogens (tertiary/aromatic N) is 3. The van der Waals surface area contributed by atoms with Gasteiger partial charge in [0.05, 0.1) is 28.0 Å². The van der Waals surface area contributed by atoms with Crippen LogP contribution < -0.4 is 0 Å². The monoisotopic (exact) mass is 275 g/mol. The van der Waals surface area contributed by atoms with Crippen molar-refractivity contribution < 1.29 is 0 Å². The number of hydrogen-bond acceptors (Lipinski definition) is 2. The van der Waals surface area contributed by atoms with Crippen LogP contribution in [-0.2, 0) is 0 Å². The van der Waals surface area contributed by atoms with Crippen LogP contribution in [-0.4, -0.2) is 9.55 Å². The minimum Gasteiger partial charge on any atom is -0.324 e. The third-order valence-corrected chi connectivity index (χ3v) is 3.54. The molecule has 0 spiro atoms. The molecule has 1 heterocycles. The van der Waals surface area contributed by atoms with Gasteiger partial charge in [-0.25, -0.2) is 4.98 Å². The standard InChI is InChI=1S/C15H18ClN3/c1-4-5-10(2)19-14-8-12(9-17)6-7-13(14)18-15(19)11(3)16/h6-8,10-11H,4-5H2,1-3H3. The lowest BCUT2D eigenvalue weighted by atomic mass is 10.1. The first-order chi connectivity index (χ1) is 9.08. The van der Waals surface area contributed by atoms with Crippen molar-refractivity contribution >= 4 is 22.6 Å². The van der Waals surface area contributed by atoms with Gasteiger partial charge in [0.15, 0.2) is 0 Å². The summed E-state index contributed by atoms with van der Waals surface area (Å²) in [6.07, 6.45) is 2.17. The van der Waals surface area contributed by atoms with Crippen LogP contribution in [0.2, 0.25) is 0 Å². The zero-order chi connectivity index (χ0) is 14.0. The van der Waals surface area contributed by atoms with Gasteiger partial charge in [-0.2, -0.15) is 5.26 Å². The van der Waals surface area contributed by atoms with E-state index in [1.165, 1.54) is 0 Å². The molecule has 0 aliphatic heterocycles. The number of hydrogen-bond donors (Lipinski definition) is 0. The average molecular weight is 276 g/mol. The van der Waals surface area contributed by atoms with Crippen molar-refractivity contribution in [1.29, 1.82) is 5.26 Å². The van der Waals surface area contributed by atoms with Gasteiger partial charge in [-0.15, -0.1) is 11.6 Å². The number of nitriles is 1. The molecule has 2 rings (SSSR count). The molecule has 1 aromatic carbocycles. The normalized spacial score (nSPS) is 14.3. The van der Waals surface area contributed by atoms with Gasteiger partial charge in [0, 0.05) is 6.04 Å². The van der Waals surface area contributed by atoms with Gasteiger partial charge in [0.1, 0.15) is 5.82 Å². The Morgan fingerprint density at radius 3 is 2.74 bits per heavy atom. The number of halogens is 1. The molecule has 0 amide bonds. The van der Waals surface area contributed by atoms with Crippen LogP contribution >= 0.6 is 11.6 Å². The summed E-state index contributed by atoms with van der Waals surface area (Å²) in [7, 11) is 0. The van der Waals surface area contributed by atoms with Crippen molar-refractivity contribution in [1.82, 2.24) is 9.55 Å². The molecule has 100 valence electrons. The number of benzene rings is 1. The highest BCUT2D eigenvalue weighted by Gasteiger charge is 2.18. The van der Waals surface area contributed by atoms with Crippen LogP contribution in [0.5, 0.6) is 0 Å². The van der Waals surface area contributed by atoms with Crippen molar-refractivity contribution in [3.63, 3.8) is 0 Å². The number of fused-ring (bicyclic) bond motifs is 1. The molecule has 3 nitrogen and oxygen atoms in total. The molecule has 2 atom stereocenters. The Hall–Kier alpha value is -1.53. The van der Waals surface area contributed by atoms with Crippen molar-refractivity contribution in [2.75, 3.05) is 0 Å². The van der Waals surface area contributed by atoms with E-state index >= 15 is 0 Å². The molecule has 19 heavy (non-hydrogen) atoms. The molecule has 2 aromatic rings. The fourth-order valence-corrected chi connectivity index (χ4v) is 2.63. The second-order valence-electron chi connectivity index (χ2n) is 4.91. The maximum Gasteiger partial charge on any atom is 0.127 e. The van der Waals surface area contributed by atoms with E-state index in [2.05, 4.69) is 29.5 Å². The Balaban J connectivity index is 2.67. The van der Waals surface area contributed by atoms with Crippen molar-refractivity contribution in [2.24, 2.45) is 0 Å². The Morgan fingerprint density at radius 1 is 1.42 bits per heavy atom. The van der Waals surface area contributed by atoms with Gasteiger partial charge in [-0.05, 0) is 38.5 Å². The summed E-state index contributed by atoms with van der Waals surface area (Å²) in [5.41, 5.74) is 2.57. The minimum absolute atomic E-state index is 0.141. The van der Waals surface area contributed by atoms with Crippen LogP contribution in [0.3, 0.4) is 0 Å². The highest BCUT2D eigenvalue weighted by Crippen LogP contribution is 2.30. The molecule has 4 heteroatoms. The molecular formula is C15H18ClN3. The molecule has 0 saturated carbocycles. The SMILES string of the molecule is CCCC(C)n1c(C(C)Cl)nc2ccc(C#N)cc21. The molecule has 0 radical (unpaired) electrons. The molecule has 0 saturated heterocycles. The molecule has 0 N–H and O–H groups in total. The van der Waals surface area contributed by atoms with Gasteiger partial charge in [-0.3, -0.25) is 0 Å². The summed E-state index contributed by atoms with van der Waals surface area (Å²) >= 11 is 6.25. The topological polar surface area (TPSA) is 41.6 Å². The zero-order valence-corrected chi connectivity index (χ0v) is 12.3. The Kier molecular flexibility index (Phi) is 4.11. The summed E-state index contributed by atoms with van der Waals surface area (Å²) in [6, 6.07) is 8.11. The van der Waals surface area contributed by atoms with Gasteiger partial charge in [0.25, 0.3) is 0 Å². The maximum atomic E-state index is 9.04. The van der Waals surface area contributed by atoms with E-state index in [-0.39, 0.29) is 5.38 Å². The first-order valence-corrected chi connectivity index (χ1v) is 7.08. The van der Waals surface area contributed by atoms with Crippen molar-refractivity contribution in [3.8, 4) is 6.07 Å². The number of imidazole rings is 1. The van der Waals surface area contributed by atoms with E-state index in [0.29, 0.717) is 11.6 Å². The fraction of sp³-hybridized carbons (Fsp3) is 0.467. The third-order valence-electron chi connectivity index (χ3n) is 3.35. The third kappa shape index (κ3) is 2.59. The van der Waals surface area contributed by atoms with Crippen LogP contribution in [0.4, 0.5) is 0 Å². The van der Waals surface area contributed by atoms with E-state index in [1.54, 1.807) is 6.07 Å². The van der Waals surface area contributed by atoms with E-state index in [4.69, 9.17) is 16.9 Å². The van der Waals surface area contributed by atoms with Crippen LogP contribution in [0.1, 0.15) is 56.4 Å². The number of alkyl halides is 1. The number of rotatable bonds is 4. The van der Waals surface area contributed by atoms with E-state index in [1.807, 2.05) is 19.1 Å². The van der Waals surface area contributed by atoms with E-state index < -0.39 is 0 Å². The Morgan fingerprint density at radius 2 is 2.16 bits per heavy atom. The van der Waals surface area contributed by atoms with Crippen LogP contribution in [0, 0.1) is 11.3 Å². The Labute approximate surface area is 118 Å². The summed E-state index contributed by atoms with van der Waals surface area (Å²) < 4.78 is 2.18. The Bertz CT molecular complexity index is 622. The molecular weight excluding hydrogens is 258 g/mol. The largest absolute Gasteiger partial charge is 0.324 e. The highest BCUT2D eigenvalue weighted by atomic mass is 35.5. The fourth-order valence-electron chi connectivity index (χ4n) is 2.47. The van der Waals surface area contributed by atoms with Gasteiger partial charge >= 0.3 is 0 Å². The molecule has 2 unspecified atom stereocenters. The molecule has 0 fully saturated rings. The second kappa shape index (κ2) is 5.63. The summed E-state index contributed by atoms with van der Waals surface area (Å²) in [5.74, 6) is 0.882. The first kappa shape index (κ1) is 13.9. The molecule has 1 aromatic heterocycles. The minimum atomic E-state index is -0.141. The zero-order valence-electron chi connectivity index (χ0n) is 11.5. The van der Waals surface area contributed by atoms with Crippen molar-refractivity contribution in [3.05, 3.63) is 29.6 Å². The summed E-state index contributed by atoms with van der Waals surface area (Å²) in [4.78, 5) is 4.61. The lowest BCUT2D eigenvalue weighted by Gasteiger charge is -2.18. The lowest BCUT2D eigenvalue weighted by Crippen LogP contribution is -2.09. The first-order valence-electron chi connectivity index (χ1n) is 6.64. The lowest BCUT2D eigenvalue weighted by molar-refractivity contribution is 0.494. The molecule has 0 bridgehead atoms. The molecule has 0 aliphatic rings.